The van der Waals surface area contributed by atoms with Crippen LogP contribution in [-0.2, 0) is 10.0 Å². The van der Waals surface area contributed by atoms with Crippen LogP contribution in [0.3, 0.4) is 0 Å². The Labute approximate surface area is 125 Å². The second kappa shape index (κ2) is 7.78. The largest absolute Gasteiger partial charge is 0.481 e. The molecule has 0 bridgehead atoms. The van der Waals surface area contributed by atoms with Crippen LogP contribution in [0.2, 0.25) is 0 Å². The summed E-state index contributed by atoms with van der Waals surface area (Å²) in [7, 11) is -1.97. The molecule has 1 aromatic heterocycles. The highest BCUT2D eigenvalue weighted by Gasteiger charge is 2.17. The second-order valence-electron chi connectivity index (χ2n) is 4.58. The summed E-state index contributed by atoms with van der Waals surface area (Å²) in [4.78, 5) is 4.06. The molecular formula is C12H20ClN3O3S. The number of hydrogen-bond acceptors (Lipinski definition) is 5. The van der Waals surface area contributed by atoms with Crippen molar-refractivity contribution in [2.45, 2.75) is 17.7 Å². The molecule has 1 aromatic rings. The van der Waals surface area contributed by atoms with E-state index in [1.165, 1.54) is 25.4 Å². The van der Waals surface area contributed by atoms with Crippen LogP contribution in [0.15, 0.2) is 23.2 Å². The van der Waals surface area contributed by atoms with Gasteiger partial charge in [-0.2, -0.15) is 0 Å². The quantitative estimate of drug-likeness (QED) is 0.809. The molecule has 0 aliphatic carbocycles. The van der Waals surface area contributed by atoms with E-state index in [2.05, 4.69) is 15.0 Å². The lowest BCUT2D eigenvalue weighted by Gasteiger charge is -2.10. The predicted molar refractivity (Wildman–Crippen MR) is 78.8 cm³/mol. The van der Waals surface area contributed by atoms with Crippen LogP contribution < -0.4 is 14.8 Å². The van der Waals surface area contributed by atoms with Crippen molar-refractivity contribution in [2.75, 3.05) is 26.7 Å². The summed E-state index contributed by atoms with van der Waals surface area (Å²) < 4.78 is 31.5. The van der Waals surface area contributed by atoms with Gasteiger partial charge >= 0.3 is 0 Å². The van der Waals surface area contributed by atoms with Crippen molar-refractivity contribution in [1.82, 2.24) is 15.0 Å². The van der Waals surface area contributed by atoms with E-state index in [1.54, 1.807) is 0 Å². The van der Waals surface area contributed by atoms with E-state index in [9.17, 15) is 8.42 Å². The average Bonchev–Trinajstić information content (AvgIpc) is 2.92. The van der Waals surface area contributed by atoms with Crippen molar-refractivity contribution in [3.05, 3.63) is 18.3 Å². The van der Waals surface area contributed by atoms with E-state index < -0.39 is 10.0 Å². The first-order valence-electron chi connectivity index (χ1n) is 6.32. The van der Waals surface area contributed by atoms with E-state index in [0.717, 1.165) is 25.9 Å². The van der Waals surface area contributed by atoms with Crippen molar-refractivity contribution in [2.24, 2.45) is 5.92 Å². The molecule has 0 radical (unpaired) electrons. The summed E-state index contributed by atoms with van der Waals surface area (Å²) in [6, 6.07) is 3.03. The average molecular weight is 322 g/mol. The first-order chi connectivity index (χ1) is 9.12. The molecule has 8 heteroatoms. The molecule has 6 nitrogen and oxygen atoms in total. The molecule has 0 spiro atoms. The summed E-state index contributed by atoms with van der Waals surface area (Å²) in [5, 5.41) is 3.26. The minimum atomic E-state index is -3.47. The monoisotopic (exact) mass is 321 g/mol. The minimum Gasteiger partial charge on any atom is -0.481 e. The Balaban J connectivity index is 0.00000200. The van der Waals surface area contributed by atoms with Gasteiger partial charge in [-0.1, -0.05) is 0 Å². The van der Waals surface area contributed by atoms with E-state index in [1.807, 2.05) is 0 Å². The maximum absolute atomic E-state index is 12.0. The van der Waals surface area contributed by atoms with E-state index in [4.69, 9.17) is 4.74 Å². The topological polar surface area (TPSA) is 80.3 Å². The lowest BCUT2D eigenvalue weighted by molar-refractivity contribution is 0.397. The fourth-order valence-corrected chi connectivity index (χ4v) is 3.08. The molecule has 20 heavy (non-hydrogen) atoms. The van der Waals surface area contributed by atoms with Crippen molar-refractivity contribution in [1.29, 1.82) is 0 Å². The summed E-state index contributed by atoms with van der Waals surface area (Å²) in [6.07, 6.45) is 3.28. The van der Waals surface area contributed by atoms with Crippen LogP contribution in [0.25, 0.3) is 0 Å². The zero-order valence-corrected chi connectivity index (χ0v) is 13.0. The number of sulfonamides is 1. The standard InChI is InChI=1S/C12H19N3O3S.ClH/c1-18-12-3-2-11(9-14-12)19(16,17)15-7-5-10-4-6-13-8-10;/h2-3,9-10,13,15H,4-8H2,1H3;1H. The second-order valence-corrected chi connectivity index (χ2v) is 6.35. The summed E-state index contributed by atoms with van der Waals surface area (Å²) >= 11 is 0. The van der Waals surface area contributed by atoms with Gasteiger partial charge in [-0.25, -0.2) is 18.1 Å². The molecule has 1 unspecified atom stereocenters. The highest BCUT2D eigenvalue weighted by molar-refractivity contribution is 7.89. The number of halogens is 1. The highest BCUT2D eigenvalue weighted by atomic mass is 35.5. The van der Waals surface area contributed by atoms with E-state index in [-0.39, 0.29) is 17.3 Å². The van der Waals surface area contributed by atoms with Crippen molar-refractivity contribution in [3.63, 3.8) is 0 Å². The first-order valence-corrected chi connectivity index (χ1v) is 7.80. The Bertz CT molecular complexity index is 501. The van der Waals surface area contributed by atoms with Gasteiger partial charge in [0.1, 0.15) is 4.90 Å². The molecule has 2 N–H and O–H groups in total. The molecule has 2 rings (SSSR count). The number of ether oxygens (including phenoxy) is 1. The molecule has 0 amide bonds. The molecule has 1 saturated heterocycles. The van der Waals surface area contributed by atoms with Crippen molar-refractivity contribution in [3.8, 4) is 5.88 Å². The van der Waals surface area contributed by atoms with Gasteiger partial charge < -0.3 is 10.1 Å². The van der Waals surface area contributed by atoms with Crippen LogP contribution in [0, 0.1) is 5.92 Å². The molecule has 1 fully saturated rings. The van der Waals surface area contributed by atoms with Crippen LogP contribution in [0.4, 0.5) is 0 Å². The van der Waals surface area contributed by atoms with Crippen molar-refractivity contribution < 1.29 is 13.2 Å². The van der Waals surface area contributed by atoms with E-state index in [0.29, 0.717) is 18.3 Å². The molecule has 0 aromatic carbocycles. The number of methoxy groups -OCH3 is 1. The molecule has 114 valence electrons. The zero-order valence-electron chi connectivity index (χ0n) is 11.3. The summed E-state index contributed by atoms with van der Waals surface area (Å²) in [5.74, 6) is 0.965. The van der Waals surface area contributed by atoms with Crippen molar-refractivity contribution >= 4 is 22.4 Å². The van der Waals surface area contributed by atoms with E-state index >= 15 is 0 Å². The molecule has 0 saturated carbocycles. The summed E-state index contributed by atoms with van der Waals surface area (Å²) in [5.41, 5.74) is 0. The Morgan fingerprint density at radius 2 is 2.30 bits per heavy atom. The summed E-state index contributed by atoms with van der Waals surface area (Å²) in [6.45, 7) is 2.46. The number of nitrogens with zero attached hydrogens (tertiary/aromatic N) is 1. The third-order valence-corrected chi connectivity index (χ3v) is 4.68. The number of aromatic nitrogens is 1. The highest BCUT2D eigenvalue weighted by Crippen LogP contribution is 2.14. The van der Waals surface area contributed by atoms with Gasteiger partial charge in [0.15, 0.2) is 0 Å². The Morgan fingerprint density at radius 1 is 1.50 bits per heavy atom. The number of nitrogens with one attached hydrogen (secondary N) is 2. The van der Waals surface area contributed by atoms with Gasteiger partial charge in [-0.05, 0) is 37.9 Å². The Hall–Kier alpha value is -0.890. The molecular weight excluding hydrogens is 302 g/mol. The van der Waals surface area contributed by atoms with Gasteiger partial charge in [0.05, 0.1) is 13.3 Å². The third-order valence-electron chi connectivity index (χ3n) is 3.24. The lowest BCUT2D eigenvalue weighted by Crippen LogP contribution is -2.26. The molecule has 1 atom stereocenters. The number of rotatable bonds is 6. The smallest absolute Gasteiger partial charge is 0.242 e. The SMILES string of the molecule is COc1ccc(S(=O)(=O)NCCC2CCNC2)cn1.Cl. The minimum absolute atomic E-state index is 0. The van der Waals surface area contributed by atoms with Gasteiger partial charge in [0.25, 0.3) is 0 Å². The molecule has 2 heterocycles. The van der Waals surface area contributed by atoms with Crippen LogP contribution in [0.5, 0.6) is 5.88 Å². The number of pyridine rings is 1. The number of hydrogen-bond donors (Lipinski definition) is 2. The molecule has 1 aliphatic rings. The fourth-order valence-electron chi connectivity index (χ4n) is 2.09. The van der Waals surface area contributed by atoms with Crippen LogP contribution in [-0.4, -0.2) is 40.1 Å². The van der Waals surface area contributed by atoms with Gasteiger partial charge in [-0.3, -0.25) is 0 Å². The van der Waals surface area contributed by atoms with Crippen LogP contribution in [0.1, 0.15) is 12.8 Å². The molecule has 1 aliphatic heterocycles. The third kappa shape index (κ3) is 4.59. The van der Waals surface area contributed by atoms with Crippen LogP contribution >= 0.6 is 12.4 Å². The Kier molecular flexibility index (Phi) is 6.67. The maximum Gasteiger partial charge on any atom is 0.242 e. The predicted octanol–water partition coefficient (Wildman–Crippen LogP) is 0.790. The normalized spacial score (nSPS) is 18.6. The maximum atomic E-state index is 12.0. The zero-order chi connectivity index (χ0) is 13.7. The Morgan fingerprint density at radius 3 is 2.85 bits per heavy atom. The first kappa shape index (κ1) is 17.2. The fraction of sp³-hybridized carbons (Fsp3) is 0.583. The lowest BCUT2D eigenvalue weighted by atomic mass is 10.1. The van der Waals surface area contributed by atoms with Gasteiger partial charge in [0, 0.05) is 12.6 Å². The van der Waals surface area contributed by atoms with Gasteiger partial charge in [-0.15, -0.1) is 12.4 Å². The van der Waals surface area contributed by atoms with Gasteiger partial charge in [0.2, 0.25) is 15.9 Å².